The monoisotopic (exact) mass is 412 g/mol. The Morgan fingerprint density at radius 2 is 1.77 bits per heavy atom. The molecule has 0 spiro atoms. The zero-order chi connectivity index (χ0) is 21.3. The number of aromatic amines is 1. The molecule has 0 radical (unpaired) electrons. The number of rotatable bonds is 5. The molecule has 1 amide bonds. The summed E-state index contributed by atoms with van der Waals surface area (Å²) in [5.41, 5.74) is 2.29. The van der Waals surface area contributed by atoms with Gasteiger partial charge in [0.15, 0.2) is 0 Å². The number of fused-ring (bicyclic) bond motifs is 3. The van der Waals surface area contributed by atoms with E-state index < -0.39 is 24.1 Å². The van der Waals surface area contributed by atoms with Gasteiger partial charge in [0.1, 0.15) is 12.2 Å². The Hall–Kier alpha value is -2.83. The number of amides is 1. The molecular weight excluding hydrogens is 384 g/mol. The Bertz CT molecular complexity index is 952. The largest absolute Gasteiger partial charge is 0.459 e. The van der Waals surface area contributed by atoms with E-state index in [2.05, 4.69) is 11.1 Å². The number of esters is 2. The lowest BCUT2D eigenvalue weighted by Crippen LogP contribution is -2.45. The molecule has 2 fully saturated rings. The maximum atomic E-state index is 13.1. The number of aromatic nitrogens is 1. The minimum atomic E-state index is -0.570. The van der Waals surface area contributed by atoms with E-state index in [1.807, 2.05) is 29.3 Å². The molecule has 1 aromatic heterocycles. The Morgan fingerprint density at radius 3 is 2.50 bits per heavy atom. The third-order valence-electron chi connectivity index (χ3n) is 6.22. The molecule has 2 aromatic rings. The van der Waals surface area contributed by atoms with E-state index in [0.717, 1.165) is 18.4 Å². The van der Waals surface area contributed by atoms with Gasteiger partial charge in [0.2, 0.25) is 5.91 Å². The zero-order valence-electron chi connectivity index (χ0n) is 17.4. The van der Waals surface area contributed by atoms with Crippen molar-refractivity contribution in [1.29, 1.82) is 0 Å². The summed E-state index contributed by atoms with van der Waals surface area (Å²) in [5.74, 6) is -0.697. The van der Waals surface area contributed by atoms with Crippen LogP contribution in [-0.4, -0.2) is 53.0 Å². The molecule has 30 heavy (non-hydrogen) atoms. The van der Waals surface area contributed by atoms with Gasteiger partial charge in [-0.05, 0) is 43.2 Å². The van der Waals surface area contributed by atoms with E-state index in [4.69, 9.17) is 9.47 Å². The molecule has 2 heterocycles. The van der Waals surface area contributed by atoms with E-state index in [1.165, 1.54) is 24.8 Å². The lowest BCUT2D eigenvalue weighted by molar-refractivity contribution is -0.166. The minimum Gasteiger partial charge on any atom is -0.459 e. The third-order valence-corrected chi connectivity index (χ3v) is 6.22. The molecule has 160 valence electrons. The molecule has 4 rings (SSSR count). The van der Waals surface area contributed by atoms with Gasteiger partial charge in [-0.2, -0.15) is 0 Å². The van der Waals surface area contributed by atoms with E-state index >= 15 is 0 Å². The average molecular weight is 412 g/mol. The number of para-hydroxylation sites is 1. The molecule has 7 heteroatoms. The van der Waals surface area contributed by atoms with E-state index in [0.29, 0.717) is 25.9 Å². The van der Waals surface area contributed by atoms with Gasteiger partial charge in [0, 0.05) is 50.0 Å². The van der Waals surface area contributed by atoms with Gasteiger partial charge in [-0.1, -0.05) is 18.2 Å². The summed E-state index contributed by atoms with van der Waals surface area (Å²) in [5, 5.41) is 1.18. The molecule has 1 N–H and O–H groups in total. The number of carbonyl (C=O) groups is 3. The number of carbonyl (C=O) groups excluding carboxylic acids is 3. The second-order valence-corrected chi connectivity index (χ2v) is 8.46. The second-order valence-electron chi connectivity index (χ2n) is 8.46. The highest BCUT2D eigenvalue weighted by Gasteiger charge is 2.44. The summed E-state index contributed by atoms with van der Waals surface area (Å²) in [4.78, 5) is 41.5. The first-order valence-corrected chi connectivity index (χ1v) is 10.6. The van der Waals surface area contributed by atoms with Crippen molar-refractivity contribution in [3.05, 3.63) is 36.0 Å². The Labute approximate surface area is 175 Å². The van der Waals surface area contributed by atoms with Crippen LogP contribution in [0.1, 0.15) is 38.7 Å². The summed E-state index contributed by atoms with van der Waals surface area (Å²) in [6.07, 6.45) is 3.47. The molecule has 1 saturated heterocycles. The van der Waals surface area contributed by atoms with Crippen molar-refractivity contribution in [3.8, 4) is 0 Å². The fourth-order valence-corrected chi connectivity index (χ4v) is 4.99. The number of nitrogens with zero attached hydrogens (tertiary/aromatic N) is 1. The van der Waals surface area contributed by atoms with Crippen molar-refractivity contribution in [2.24, 2.45) is 11.8 Å². The fraction of sp³-hybridized carbons (Fsp3) is 0.522. The van der Waals surface area contributed by atoms with Crippen LogP contribution in [-0.2, 0) is 30.3 Å². The number of likely N-dealkylation sites (tertiary alicyclic amines) is 1. The Kier molecular flexibility index (Phi) is 5.79. The van der Waals surface area contributed by atoms with Crippen LogP contribution in [0.5, 0.6) is 0 Å². The molecule has 1 aliphatic carbocycles. The second kappa shape index (κ2) is 8.50. The summed E-state index contributed by atoms with van der Waals surface area (Å²) in [6, 6.07) is 8.15. The quantitative estimate of drug-likeness (QED) is 0.763. The molecule has 2 aliphatic rings. The normalized spacial score (nSPS) is 26.3. The van der Waals surface area contributed by atoms with Gasteiger partial charge in [-0.3, -0.25) is 14.4 Å². The number of hydrogen-bond acceptors (Lipinski definition) is 5. The van der Waals surface area contributed by atoms with Crippen molar-refractivity contribution in [2.45, 2.75) is 51.7 Å². The van der Waals surface area contributed by atoms with Crippen LogP contribution in [0.2, 0.25) is 0 Å². The molecule has 4 atom stereocenters. The summed E-state index contributed by atoms with van der Waals surface area (Å²) >= 11 is 0. The number of H-pyrrole nitrogens is 1. The molecule has 0 unspecified atom stereocenters. The van der Waals surface area contributed by atoms with E-state index in [9.17, 15) is 14.4 Å². The van der Waals surface area contributed by atoms with Crippen molar-refractivity contribution < 1.29 is 23.9 Å². The highest BCUT2D eigenvalue weighted by atomic mass is 16.6. The van der Waals surface area contributed by atoms with Gasteiger partial charge in [-0.15, -0.1) is 0 Å². The topological polar surface area (TPSA) is 88.7 Å². The van der Waals surface area contributed by atoms with Crippen molar-refractivity contribution in [3.63, 3.8) is 0 Å². The van der Waals surface area contributed by atoms with Crippen LogP contribution in [0.3, 0.4) is 0 Å². The smallest absolute Gasteiger partial charge is 0.303 e. The highest BCUT2D eigenvalue weighted by Crippen LogP contribution is 2.37. The van der Waals surface area contributed by atoms with Crippen LogP contribution in [0.25, 0.3) is 10.9 Å². The first kappa shape index (κ1) is 20.4. The molecule has 1 aromatic carbocycles. The first-order chi connectivity index (χ1) is 14.4. The number of nitrogens with one attached hydrogen (secondary N) is 1. The number of piperidine rings is 1. The van der Waals surface area contributed by atoms with Crippen LogP contribution < -0.4 is 0 Å². The predicted octanol–water partition coefficient (Wildman–Crippen LogP) is 2.83. The standard InChI is InChI=1S/C23H28N2O5/c1-14(26)29-21-10-16-9-18(11-22(21)30-15(2)27)23(28)25(13-16)8-7-17-12-24-20-6-4-3-5-19(17)20/h3-6,12,16,18,21-22,24H,7-11,13H2,1-2H3/t16-,18+,21+,22-/m1/s1. The van der Waals surface area contributed by atoms with Crippen LogP contribution in [0.15, 0.2) is 30.5 Å². The fourth-order valence-electron chi connectivity index (χ4n) is 4.99. The van der Waals surface area contributed by atoms with Crippen LogP contribution in [0, 0.1) is 11.8 Å². The Balaban J connectivity index is 1.48. The van der Waals surface area contributed by atoms with Crippen LogP contribution >= 0.6 is 0 Å². The van der Waals surface area contributed by atoms with Gasteiger partial charge in [0.25, 0.3) is 0 Å². The predicted molar refractivity (Wildman–Crippen MR) is 111 cm³/mol. The van der Waals surface area contributed by atoms with Crippen molar-refractivity contribution >= 4 is 28.7 Å². The number of benzene rings is 1. The van der Waals surface area contributed by atoms with Gasteiger partial charge in [-0.25, -0.2) is 0 Å². The minimum absolute atomic E-state index is 0.103. The maximum absolute atomic E-state index is 13.1. The van der Waals surface area contributed by atoms with Gasteiger partial charge >= 0.3 is 11.9 Å². The van der Waals surface area contributed by atoms with E-state index in [1.54, 1.807) is 0 Å². The zero-order valence-corrected chi connectivity index (χ0v) is 17.4. The highest BCUT2D eigenvalue weighted by molar-refractivity contribution is 5.83. The summed E-state index contributed by atoms with van der Waals surface area (Å²) in [7, 11) is 0. The number of ether oxygens (including phenoxy) is 2. The van der Waals surface area contributed by atoms with Gasteiger partial charge in [0.05, 0.1) is 0 Å². The lowest BCUT2D eigenvalue weighted by atomic mass is 9.87. The number of hydrogen-bond donors (Lipinski definition) is 1. The summed E-state index contributed by atoms with van der Waals surface area (Å²) < 4.78 is 10.9. The third kappa shape index (κ3) is 4.35. The molecule has 2 bridgehead atoms. The molecular formula is C23H28N2O5. The molecule has 7 nitrogen and oxygen atoms in total. The van der Waals surface area contributed by atoms with E-state index in [-0.39, 0.29) is 17.7 Å². The molecule has 1 saturated carbocycles. The van der Waals surface area contributed by atoms with Crippen molar-refractivity contribution in [1.82, 2.24) is 9.88 Å². The average Bonchev–Trinajstić information content (AvgIpc) is 3.04. The Morgan fingerprint density at radius 1 is 1.07 bits per heavy atom. The van der Waals surface area contributed by atoms with Crippen molar-refractivity contribution in [2.75, 3.05) is 13.1 Å². The SMILES string of the molecule is CC(=O)O[C@H]1C[C@H]2C[C@@H](C[C@H]1OC(C)=O)C(=O)N(CCc1c[nH]c3ccccc13)C2. The maximum Gasteiger partial charge on any atom is 0.303 e. The lowest BCUT2D eigenvalue weighted by Gasteiger charge is -2.36. The van der Waals surface area contributed by atoms with Gasteiger partial charge < -0.3 is 19.4 Å². The first-order valence-electron chi connectivity index (χ1n) is 10.6. The van der Waals surface area contributed by atoms with Crippen LogP contribution in [0.4, 0.5) is 0 Å². The molecule has 1 aliphatic heterocycles. The summed E-state index contributed by atoms with van der Waals surface area (Å²) in [6.45, 7) is 3.99.